The van der Waals surface area contributed by atoms with Crippen molar-refractivity contribution in [3.63, 3.8) is 0 Å². The lowest BCUT2D eigenvalue weighted by atomic mass is 10.1. The highest BCUT2D eigenvalue weighted by atomic mass is 16.5. The van der Waals surface area contributed by atoms with Crippen molar-refractivity contribution in [3.05, 3.63) is 47.5 Å². The van der Waals surface area contributed by atoms with Gasteiger partial charge in [-0.05, 0) is 58.0 Å². The molecule has 0 aliphatic carbocycles. The Balaban J connectivity index is 1.85. The molecule has 0 aliphatic heterocycles. The number of amides is 3. The molecule has 0 atom stereocenters. The second kappa shape index (κ2) is 13.3. The second-order valence-corrected chi connectivity index (χ2v) is 8.31. The summed E-state index contributed by atoms with van der Waals surface area (Å²) in [6.07, 6.45) is 0. The third-order valence-electron chi connectivity index (χ3n) is 5.20. The van der Waals surface area contributed by atoms with Crippen molar-refractivity contribution in [2.45, 2.75) is 27.7 Å². The molecule has 190 valence electrons. The topological polar surface area (TPSA) is 100 Å². The van der Waals surface area contributed by atoms with Gasteiger partial charge in [-0.2, -0.15) is 0 Å². The monoisotopic (exact) mass is 484 g/mol. The Hall–Kier alpha value is -3.59. The summed E-state index contributed by atoms with van der Waals surface area (Å²) < 4.78 is 11.1. The van der Waals surface area contributed by atoms with E-state index >= 15 is 0 Å². The number of anilines is 2. The maximum atomic E-state index is 12.6. The van der Waals surface area contributed by atoms with E-state index in [0.717, 1.165) is 16.8 Å². The van der Waals surface area contributed by atoms with Crippen LogP contribution < -0.4 is 20.1 Å². The molecule has 35 heavy (non-hydrogen) atoms. The molecule has 3 amide bonds. The quantitative estimate of drug-likeness (QED) is 0.480. The van der Waals surface area contributed by atoms with E-state index in [2.05, 4.69) is 10.6 Å². The zero-order valence-corrected chi connectivity index (χ0v) is 21.4. The Morgan fingerprint density at radius 3 is 2.03 bits per heavy atom. The van der Waals surface area contributed by atoms with Crippen LogP contribution in [-0.4, -0.2) is 74.5 Å². The Labute approximate surface area is 207 Å². The van der Waals surface area contributed by atoms with Gasteiger partial charge in [0, 0.05) is 24.5 Å². The van der Waals surface area contributed by atoms with Crippen molar-refractivity contribution < 1.29 is 23.9 Å². The average Bonchev–Trinajstić information content (AvgIpc) is 2.78. The van der Waals surface area contributed by atoms with Crippen LogP contribution in [0.3, 0.4) is 0 Å². The highest BCUT2D eigenvalue weighted by molar-refractivity contribution is 5.96. The molecule has 0 bridgehead atoms. The molecule has 0 radical (unpaired) electrons. The molecule has 0 fully saturated rings. The maximum absolute atomic E-state index is 12.6. The zero-order valence-electron chi connectivity index (χ0n) is 21.4. The minimum atomic E-state index is -0.278. The Bertz CT molecular complexity index is 1020. The van der Waals surface area contributed by atoms with Crippen molar-refractivity contribution in [2.24, 2.45) is 0 Å². The molecule has 0 saturated carbocycles. The van der Waals surface area contributed by atoms with Gasteiger partial charge in [0.25, 0.3) is 0 Å². The summed E-state index contributed by atoms with van der Waals surface area (Å²) in [6, 6.07) is 11.0. The number of nitrogens with one attached hydrogen (secondary N) is 2. The normalized spacial score (nSPS) is 10.6. The van der Waals surface area contributed by atoms with Gasteiger partial charge in [0.05, 0.1) is 32.8 Å². The van der Waals surface area contributed by atoms with E-state index in [1.807, 2.05) is 45.9 Å². The summed E-state index contributed by atoms with van der Waals surface area (Å²) in [4.78, 5) is 40.4. The maximum Gasteiger partial charge on any atom is 0.243 e. The Kier molecular flexibility index (Phi) is 10.5. The molecule has 0 saturated heterocycles. The van der Waals surface area contributed by atoms with Gasteiger partial charge in [-0.15, -0.1) is 0 Å². The predicted molar refractivity (Wildman–Crippen MR) is 137 cm³/mol. The van der Waals surface area contributed by atoms with Crippen LogP contribution in [0.25, 0.3) is 0 Å². The summed E-state index contributed by atoms with van der Waals surface area (Å²) in [7, 11) is 3.24. The lowest BCUT2D eigenvalue weighted by Gasteiger charge is -2.22. The lowest BCUT2D eigenvalue weighted by Crippen LogP contribution is -2.42. The average molecular weight is 485 g/mol. The number of hydrogen-bond donors (Lipinski definition) is 2. The molecule has 9 heteroatoms. The van der Waals surface area contributed by atoms with E-state index in [1.165, 1.54) is 4.90 Å². The van der Waals surface area contributed by atoms with Crippen LogP contribution in [0.5, 0.6) is 11.5 Å². The predicted octanol–water partition coefficient (Wildman–Crippen LogP) is 3.07. The van der Waals surface area contributed by atoms with Gasteiger partial charge in [-0.1, -0.05) is 18.2 Å². The first kappa shape index (κ1) is 27.7. The number of hydrogen-bond acceptors (Lipinski definition) is 6. The third-order valence-corrected chi connectivity index (χ3v) is 5.20. The van der Waals surface area contributed by atoms with Crippen LogP contribution in [0.15, 0.2) is 36.4 Å². The second-order valence-electron chi connectivity index (χ2n) is 8.31. The standard InChI is InChI=1S/C26H36N4O5/c1-7-34-21-13-12-20(14-22(21)35-8-2)27-23(31)15-29(5)17-25(33)30(6)16-24(32)28-26-18(3)10-9-11-19(26)4/h9-14H,7-8,15-17H2,1-6H3,(H,27,31)(H,28,32). The fourth-order valence-electron chi connectivity index (χ4n) is 3.48. The van der Waals surface area contributed by atoms with Crippen molar-refractivity contribution in [1.82, 2.24) is 9.80 Å². The number of para-hydroxylation sites is 1. The summed E-state index contributed by atoms with van der Waals surface area (Å²) in [5, 5.41) is 5.68. The minimum Gasteiger partial charge on any atom is -0.490 e. The number of likely N-dealkylation sites (N-methyl/N-ethyl adjacent to an activating group) is 2. The Morgan fingerprint density at radius 1 is 0.800 bits per heavy atom. The van der Waals surface area contributed by atoms with Gasteiger partial charge in [0.2, 0.25) is 17.7 Å². The fraction of sp³-hybridized carbons (Fsp3) is 0.423. The van der Waals surface area contributed by atoms with Crippen molar-refractivity contribution in [3.8, 4) is 11.5 Å². The molecule has 0 spiro atoms. The van der Waals surface area contributed by atoms with E-state index in [0.29, 0.717) is 30.4 Å². The molecule has 0 heterocycles. The van der Waals surface area contributed by atoms with Crippen molar-refractivity contribution in [2.75, 3.05) is 57.6 Å². The van der Waals surface area contributed by atoms with Gasteiger partial charge in [0.1, 0.15) is 0 Å². The van der Waals surface area contributed by atoms with E-state index in [4.69, 9.17) is 9.47 Å². The molecule has 2 rings (SSSR count). The number of benzene rings is 2. The zero-order chi connectivity index (χ0) is 26.0. The van der Waals surface area contributed by atoms with Crippen LogP contribution >= 0.6 is 0 Å². The molecule has 0 aliphatic rings. The van der Waals surface area contributed by atoms with Crippen molar-refractivity contribution in [1.29, 1.82) is 0 Å². The lowest BCUT2D eigenvalue weighted by molar-refractivity contribution is -0.134. The van der Waals surface area contributed by atoms with Crippen LogP contribution in [0.1, 0.15) is 25.0 Å². The first-order valence-electron chi connectivity index (χ1n) is 11.6. The molecule has 2 aromatic rings. The third kappa shape index (κ3) is 8.60. The number of aryl methyl sites for hydroxylation is 2. The molecule has 0 unspecified atom stereocenters. The van der Waals surface area contributed by atoms with Gasteiger partial charge >= 0.3 is 0 Å². The SMILES string of the molecule is CCOc1ccc(NC(=O)CN(C)CC(=O)N(C)CC(=O)Nc2c(C)cccc2C)cc1OCC. The molecule has 2 aromatic carbocycles. The fourth-order valence-corrected chi connectivity index (χ4v) is 3.48. The number of nitrogens with zero attached hydrogens (tertiary/aromatic N) is 2. The highest BCUT2D eigenvalue weighted by Crippen LogP contribution is 2.30. The molecule has 9 nitrogen and oxygen atoms in total. The highest BCUT2D eigenvalue weighted by Gasteiger charge is 2.18. The summed E-state index contributed by atoms with van der Waals surface area (Å²) in [5.74, 6) is 0.342. The van der Waals surface area contributed by atoms with Gasteiger partial charge in [0.15, 0.2) is 11.5 Å². The van der Waals surface area contributed by atoms with E-state index in [9.17, 15) is 14.4 Å². The number of ether oxygens (including phenoxy) is 2. The molecule has 2 N–H and O–H groups in total. The van der Waals surface area contributed by atoms with Crippen LogP contribution in [-0.2, 0) is 14.4 Å². The molecular weight excluding hydrogens is 448 g/mol. The minimum absolute atomic E-state index is 0.00532. The molecule has 0 aromatic heterocycles. The summed E-state index contributed by atoms with van der Waals surface area (Å²) in [6.45, 7) is 8.49. The van der Waals surface area contributed by atoms with E-state index in [1.54, 1.807) is 37.2 Å². The largest absolute Gasteiger partial charge is 0.490 e. The van der Waals surface area contributed by atoms with Gasteiger partial charge < -0.3 is 25.0 Å². The smallest absolute Gasteiger partial charge is 0.243 e. The number of carbonyl (C=O) groups is 3. The first-order valence-corrected chi connectivity index (χ1v) is 11.6. The van der Waals surface area contributed by atoms with E-state index in [-0.39, 0.29) is 37.4 Å². The van der Waals surface area contributed by atoms with Crippen LogP contribution in [0, 0.1) is 13.8 Å². The van der Waals surface area contributed by atoms with Gasteiger partial charge in [-0.25, -0.2) is 0 Å². The summed E-state index contributed by atoms with van der Waals surface area (Å²) in [5.41, 5.74) is 3.24. The van der Waals surface area contributed by atoms with Gasteiger partial charge in [-0.3, -0.25) is 19.3 Å². The van der Waals surface area contributed by atoms with E-state index < -0.39 is 0 Å². The number of rotatable bonds is 12. The number of carbonyl (C=O) groups excluding carboxylic acids is 3. The molecular formula is C26H36N4O5. The first-order chi connectivity index (χ1) is 16.6. The van der Waals surface area contributed by atoms with Crippen LogP contribution in [0.4, 0.5) is 11.4 Å². The Morgan fingerprint density at radius 2 is 1.40 bits per heavy atom. The van der Waals surface area contributed by atoms with Crippen LogP contribution in [0.2, 0.25) is 0 Å². The summed E-state index contributed by atoms with van der Waals surface area (Å²) >= 11 is 0. The van der Waals surface area contributed by atoms with Crippen molar-refractivity contribution >= 4 is 29.1 Å².